The minimum absolute atomic E-state index is 0.0911. The van der Waals surface area contributed by atoms with Crippen LogP contribution in [0.15, 0.2) is 0 Å². The van der Waals surface area contributed by atoms with Gasteiger partial charge in [-0.2, -0.15) is 8.42 Å². The third-order valence-electron chi connectivity index (χ3n) is 2.23. The quantitative estimate of drug-likeness (QED) is 0.476. The van der Waals surface area contributed by atoms with E-state index >= 15 is 0 Å². The smallest absolute Gasteiger partial charge is 0.397 e. The molecule has 112 valence electrons. The van der Waals surface area contributed by atoms with Crippen LogP contribution in [-0.4, -0.2) is 31.3 Å². The molecule has 6 heteroatoms. The summed E-state index contributed by atoms with van der Waals surface area (Å²) in [5.41, 5.74) is 0. The van der Waals surface area contributed by atoms with E-state index in [9.17, 15) is 8.42 Å². The predicted octanol–water partition coefficient (Wildman–Crippen LogP) is 2.95. The molecule has 0 aliphatic carbocycles. The van der Waals surface area contributed by atoms with Crippen LogP contribution in [0.4, 0.5) is 0 Å². The van der Waals surface area contributed by atoms with Crippen molar-refractivity contribution in [2.75, 3.05) is 13.2 Å². The van der Waals surface area contributed by atoms with Crippen LogP contribution in [0.25, 0.3) is 0 Å². The summed E-state index contributed by atoms with van der Waals surface area (Å²) in [7, 11) is -4.23. The molecule has 5 nitrogen and oxygen atoms in total. The van der Waals surface area contributed by atoms with E-state index in [0.717, 1.165) is 12.8 Å². The van der Waals surface area contributed by atoms with E-state index in [1.807, 2.05) is 0 Å². The molecule has 0 spiro atoms. The number of aliphatic hydroxyl groups is 1. The largest absolute Gasteiger partial charge is 0.397 e. The van der Waals surface area contributed by atoms with Crippen molar-refractivity contribution in [3.8, 4) is 0 Å². The van der Waals surface area contributed by atoms with Crippen LogP contribution in [0.3, 0.4) is 0 Å². The van der Waals surface area contributed by atoms with Gasteiger partial charge >= 0.3 is 10.4 Å². The molecule has 0 radical (unpaired) electrons. The van der Waals surface area contributed by atoms with Crippen molar-refractivity contribution in [2.24, 2.45) is 0 Å². The van der Waals surface area contributed by atoms with Crippen molar-refractivity contribution in [3.05, 3.63) is 0 Å². The lowest BCUT2D eigenvalue weighted by atomic mass is 10.1. The standard InChI is InChI=1S/C10H22O4S.C2H6O/c1-2-3-4-5-6-7-8-9-10-14-15(11,12)13;1-2-3/h2-10H2,1H3,(H,11,12,13);3H,2H2,1H3. The first-order valence-electron chi connectivity index (χ1n) is 6.70. The normalized spacial score (nSPS) is 10.9. The van der Waals surface area contributed by atoms with E-state index in [4.69, 9.17) is 9.66 Å². The topological polar surface area (TPSA) is 83.8 Å². The summed E-state index contributed by atoms with van der Waals surface area (Å²) in [5.74, 6) is 0. The number of hydrogen-bond donors (Lipinski definition) is 2. The van der Waals surface area contributed by atoms with Crippen LogP contribution in [0.1, 0.15) is 65.2 Å². The Hall–Kier alpha value is -0.170. The molecule has 0 aliphatic rings. The summed E-state index contributed by atoms with van der Waals surface area (Å²) in [5, 5.41) is 7.57. The second-order valence-corrected chi connectivity index (χ2v) is 5.13. The molecule has 0 unspecified atom stereocenters. The van der Waals surface area contributed by atoms with Crippen LogP contribution in [0.5, 0.6) is 0 Å². The van der Waals surface area contributed by atoms with E-state index in [2.05, 4.69) is 11.1 Å². The van der Waals surface area contributed by atoms with Crippen LogP contribution >= 0.6 is 0 Å². The van der Waals surface area contributed by atoms with Crippen molar-refractivity contribution in [3.63, 3.8) is 0 Å². The Morgan fingerprint density at radius 3 is 1.67 bits per heavy atom. The second-order valence-electron chi connectivity index (χ2n) is 4.04. The summed E-state index contributed by atoms with van der Waals surface area (Å²) in [4.78, 5) is 0. The molecular formula is C12H28O5S. The molecule has 0 fully saturated rings. The van der Waals surface area contributed by atoms with E-state index in [0.29, 0.717) is 6.42 Å². The number of hydrogen-bond acceptors (Lipinski definition) is 4. The van der Waals surface area contributed by atoms with Gasteiger partial charge in [0.2, 0.25) is 0 Å². The Labute approximate surface area is 112 Å². The number of aliphatic hydroxyl groups excluding tert-OH is 1. The van der Waals surface area contributed by atoms with Gasteiger partial charge in [0.05, 0.1) is 6.61 Å². The SMILES string of the molecule is CCCCCCCCCCOS(=O)(=O)O.CCO. The monoisotopic (exact) mass is 284 g/mol. The number of unbranched alkanes of at least 4 members (excludes halogenated alkanes) is 7. The Morgan fingerprint density at radius 1 is 0.889 bits per heavy atom. The van der Waals surface area contributed by atoms with Gasteiger partial charge in [-0.3, -0.25) is 4.55 Å². The lowest BCUT2D eigenvalue weighted by Crippen LogP contribution is -2.04. The van der Waals surface area contributed by atoms with E-state index < -0.39 is 10.4 Å². The highest BCUT2D eigenvalue weighted by Gasteiger charge is 2.02. The molecule has 0 aromatic carbocycles. The van der Waals surface area contributed by atoms with Gasteiger partial charge in [-0.1, -0.05) is 51.9 Å². The van der Waals surface area contributed by atoms with E-state index in [1.54, 1.807) is 6.92 Å². The van der Waals surface area contributed by atoms with Gasteiger partial charge in [-0.15, -0.1) is 0 Å². The Morgan fingerprint density at radius 2 is 1.28 bits per heavy atom. The molecule has 0 saturated carbocycles. The van der Waals surface area contributed by atoms with Crippen LogP contribution in [0.2, 0.25) is 0 Å². The first-order valence-corrected chi connectivity index (χ1v) is 8.07. The van der Waals surface area contributed by atoms with Gasteiger partial charge in [0, 0.05) is 6.61 Å². The molecule has 18 heavy (non-hydrogen) atoms. The molecular weight excluding hydrogens is 256 g/mol. The van der Waals surface area contributed by atoms with Gasteiger partial charge in [0.25, 0.3) is 0 Å². The zero-order valence-corrected chi connectivity index (χ0v) is 12.4. The first-order chi connectivity index (χ1) is 8.47. The van der Waals surface area contributed by atoms with Crippen molar-refractivity contribution in [1.29, 1.82) is 0 Å². The van der Waals surface area contributed by atoms with Crippen molar-refractivity contribution >= 4 is 10.4 Å². The Kier molecular flexibility index (Phi) is 16.7. The van der Waals surface area contributed by atoms with Gasteiger partial charge in [0.15, 0.2) is 0 Å². The molecule has 0 bridgehead atoms. The molecule has 0 aliphatic heterocycles. The minimum Gasteiger partial charge on any atom is -0.397 e. The van der Waals surface area contributed by atoms with Crippen LogP contribution in [0, 0.1) is 0 Å². The fourth-order valence-corrected chi connectivity index (χ4v) is 1.73. The van der Waals surface area contributed by atoms with Crippen molar-refractivity contribution in [1.82, 2.24) is 0 Å². The summed E-state index contributed by atoms with van der Waals surface area (Å²) in [6.45, 7) is 4.21. The highest BCUT2D eigenvalue weighted by molar-refractivity contribution is 7.80. The van der Waals surface area contributed by atoms with Gasteiger partial charge in [-0.25, -0.2) is 4.18 Å². The van der Waals surface area contributed by atoms with Crippen molar-refractivity contribution < 1.29 is 22.3 Å². The van der Waals surface area contributed by atoms with Gasteiger partial charge < -0.3 is 5.11 Å². The maximum atomic E-state index is 10.2. The molecule has 0 heterocycles. The first kappa shape index (κ1) is 20.2. The maximum Gasteiger partial charge on any atom is 0.397 e. The van der Waals surface area contributed by atoms with E-state index in [-0.39, 0.29) is 13.2 Å². The zero-order chi connectivity index (χ0) is 14.3. The molecule has 2 N–H and O–H groups in total. The Balaban J connectivity index is 0. The van der Waals surface area contributed by atoms with Gasteiger partial charge in [-0.05, 0) is 13.3 Å². The molecule has 0 rings (SSSR count). The lowest BCUT2D eigenvalue weighted by molar-refractivity contribution is 0.261. The molecule has 0 amide bonds. The van der Waals surface area contributed by atoms with Crippen LogP contribution in [-0.2, 0) is 14.6 Å². The average molecular weight is 284 g/mol. The van der Waals surface area contributed by atoms with Crippen molar-refractivity contribution in [2.45, 2.75) is 65.2 Å². The summed E-state index contributed by atoms with van der Waals surface area (Å²) in [6.07, 6.45) is 9.05. The second kappa shape index (κ2) is 14.9. The zero-order valence-electron chi connectivity index (χ0n) is 11.6. The maximum absolute atomic E-state index is 10.2. The third-order valence-corrected chi connectivity index (χ3v) is 2.69. The third kappa shape index (κ3) is 24.9. The molecule has 0 aromatic heterocycles. The Bertz CT molecular complexity index is 239. The summed E-state index contributed by atoms with van der Waals surface area (Å²) < 4.78 is 32.8. The highest BCUT2D eigenvalue weighted by Crippen LogP contribution is 2.08. The fraction of sp³-hybridized carbons (Fsp3) is 1.00. The lowest BCUT2D eigenvalue weighted by Gasteiger charge is -2.01. The molecule has 0 atom stereocenters. The summed E-state index contributed by atoms with van der Waals surface area (Å²) in [6, 6.07) is 0. The minimum atomic E-state index is -4.23. The molecule has 0 aromatic rings. The number of rotatable bonds is 10. The molecule has 0 saturated heterocycles. The fourth-order valence-electron chi connectivity index (χ4n) is 1.40. The van der Waals surface area contributed by atoms with E-state index in [1.165, 1.54) is 32.1 Å². The van der Waals surface area contributed by atoms with Crippen LogP contribution < -0.4 is 0 Å². The summed E-state index contributed by atoms with van der Waals surface area (Å²) >= 11 is 0. The average Bonchev–Trinajstić information content (AvgIpc) is 2.26. The highest BCUT2D eigenvalue weighted by atomic mass is 32.3. The predicted molar refractivity (Wildman–Crippen MR) is 72.9 cm³/mol. The van der Waals surface area contributed by atoms with Gasteiger partial charge in [0.1, 0.15) is 0 Å².